The van der Waals surface area contributed by atoms with Crippen molar-refractivity contribution in [1.82, 2.24) is 4.90 Å². The second-order valence-electron chi connectivity index (χ2n) is 4.62. The van der Waals surface area contributed by atoms with Crippen molar-refractivity contribution in [2.45, 2.75) is 6.54 Å². The first-order valence-electron chi connectivity index (χ1n) is 6.81. The molecule has 0 heterocycles. The lowest BCUT2D eigenvalue weighted by atomic mass is 10.1. The van der Waals surface area contributed by atoms with Gasteiger partial charge in [0.1, 0.15) is 23.5 Å². The largest absolute Gasteiger partial charge is 0.496 e. The van der Waals surface area contributed by atoms with Gasteiger partial charge in [-0.25, -0.2) is 0 Å². The highest BCUT2D eigenvalue weighted by molar-refractivity contribution is 5.63. The smallest absolute Gasteiger partial charge is 0.130 e. The lowest BCUT2D eigenvalue weighted by Crippen LogP contribution is -2.23. The highest BCUT2D eigenvalue weighted by atomic mass is 16.5. The molecule has 0 aliphatic heterocycles. The summed E-state index contributed by atoms with van der Waals surface area (Å²) in [6, 6.07) is 9.31. The third kappa shape index (κ3) is 4.94. The van der Waals surface area contributed by atoms with Crippen molar-refractivity contribution in [2.24, 2.45) is 0 Å². The Hall–Kier alpha value is -2.82. The normalized spacial score (nSPS) is 9.45. The summed E-state index contributed by atoms with van der Waals surface area (Å²) in [6.07, 6.45) is 5.24. The Kier molecular flexibility index (Phi) is 7.19. The molecule has 0 spiro atoms. The average molecular weight is 293 g/mol. The van der Waals surface area contributed by atoms with E-state index in [0.29, 0.717) is 6.54 Å². The fourth-order valence-electron chi connectivity index (χ4n) is 2.08. The Bertz CT molecular complexity index is 621. The zero-order chi connectivity index (χ0) is 16.4. The van der Waals surface area contributed by atoms with E-state index in [1.54, 1.807) is 13.2 Å². The summed E-state index contributed by atoms with van der Waals surface area (Å²) in [5.41, 5.74) is 1.85. The van der Waals surface area contributed by atoms with Gasteiger partial charge in [0.05, 0.1) is 7.11 Å². The fourth-order valence-corrected chi connectivity index (χ4v) is 2.08. The van der Waals surface area contributed by atoms with Crippen molar-refractivity contribution < 1.29 is 4.74 Å². The van der Waals surface area contributed by atoms with Crippen molar-refractivity contribution in [3.63, 3.8) is 0 Å². The van der Waals surface area contributed by atoms with E-state index < -0.39 is 0 Å². The molecule has 0 aromatic heterocycles. The van der Waals surface area contributed by atoms with Crippen molar-refractivity contribution in [3.05, 3.63) is 60.2 Å². The number of methoxy groups -OCH3 is 1. The number of benzene rings is 1. The molecular formula is C18H19N3O. The summed E-state index contributed by atoms with van der Waals surface area (Å²) in [5.74, 6) is 0.769. The third-order valence-corrected chi connectivity index (χ3v) is 3.02. The molecule has 0 bridgehead atoms. The summed E-state index contributed by atoms with van der Waals surface area (Å²) < 4.78 is 5.39. The van der Waals surface area contributed by atoms with E-state index >= 15 is 0 Å². The topological polar surface area (TPSA) is 60.0 Å². The van der Waals surface area contributed by atoms with Crippen LogP contribution in [0.4, 0.5) is 0 Å². The van der Waals surface area contributed by atoms with Crippen LogP contribution in [0.3, 0.4) is 0 Å². The van der Waals surface area contributed by atoms with E-state index in [1.807, 2.05) is 42.5 Å². The van der Waals surface area contributed by atoms with Crippen molar-refractivity contribution >= 4 is 6.08 Å². The van der Waals surface area contributed by atoms with Gasteiger partial charge < -0.3 is 4.74 Å². The molecule has 0 atom stereocenters. The molecule has 0 radical (unpaired) electrons. The molecular weight excluding hydrogens is 274 g/mol. The Balaban J connectivity index is 3.13. The van der Waals surface area contributed by atoms with Gasteiger partial charge in [-0.05, 0) is 23.8 Å². The van der Waals surface area contributed by atoms with Crippen molar-refractivity contribution in [2.75, 3.05) is 20.2 Å². The monoisotopic (exact) mass is 293 g/mol. The van der Waals surface area contributed by atoms with Gasteiger partial charge in [0.15, 0.2) is 0 Å². The van der Waals surface area contributed by atoms with E-state index in [9.17, 15) is 0 Å². The van der Waals surface area contributed by atoms with E-state index in [-0.39, 0.29) is 5.57 Å². The van der Waals surface area contributed by atoms with Gasteiger partial charge in [-0.2, -0.15) is 10.5 Å². The van der Waals surface area contributed by atoms with Gasteiger partial charge in [0, 0.05) is 25.2 Å². The molecule has 0 aliphatic carbocycles. The van der Waals surface area contributed by atoms with Gasteiger partial charge in [-0.3, -0.25) is 4.90 Å². The van der Waals surface area contributed by atoms with Crippen LogP contribution in [0.1, 0.15) is 11.1 Å². The zero-order valence-electron chi connectivity index (χ0n) is 12.7. The van der Waals surface area contributed by atoms with E-state index in [4.69, 9.17) is 15.3 Å². The third-order valence-electron chi connectivity index (χ3n) is 3.02. The minimum atomic E-state index is 0.0742. The predicted octanol–water partition coefficient (Wildman–Crippen LogP) is 3.30. The van der Waals surface area contributed by atoms with E-state index in [0.717, 1.165) is 30.0 Å². The molecule has 0 N–H and O–H groups in total. The fraction of sp³-hybridized carbons (Fsp3) is 0.222. The van der Waals surface area contributed by atoms with Crippen LogP contribution < -0.4 is 4.74 Å². The summed E-state index contributed by atoms with van der Waals surface area (Å²) in [5, 5.41) is 17.7. The number of hydrogen-bond acceptors (Lipinski definition) is 4. The average Bonchev–Trinajstić information content (AvgIpc) is 2.53. The minimum absolute atomic E-state index is 0.0742. The maximum absolute atomic E-state index is 8.85. The van der Waals surface area contributed by atoms with E-state index in [2.05, 4.69) is 18.1 Å². The van der Waals surface area contributed by atoms with Gasteiger partial charge in [0.2, 0.25) is 0 Å². The molecule has 4 nitrogen and oxygen atoms in total. The molecule has 1 rings (SSSR count). The van der Waals surface area contributed by atoms with Crippen LogP contribution in [0, 0.1) is 22.7 Å². The van der Waals surface area contributed by atoms with Gasteiger partial charge in [0.25, 0.3) is 0 Å². The molecule has 4 heteroatoms. The Labute approximate surface area is 131 Å². The van der Waals surface area contributed by atoms with Crippen LogP contribution in [0.5, 0.6) is 5.75 Å². The number of nitrogens with zero attached hydrogens (tertiary/aromatic N) is 3. The Morgan fingerprint density at radius 2 is 1.86 bits per heavy atom. The molecule has 22 heavy (non-hydrogen) atoms. The van der Waals surface area contributed by atoms with Crippen LogP contribution >= 0.6 is 0 Å². The summed E-state index contributed by atoms with van der Waals surface area (Å²) in [6.45, 7) is 9.64. The predicted molar refractivity (Wildman–Crippen MR) is 87.9 cm³/mol. The number of allylic oxidation sites excluding steroid dienone is 1. The van der Waals surface area contributed by atoms with Crippen LogP contribution in [0.25, 0.3) is 6.08 Å². The first kappa shape index (κ1) is 17.2. The Morgan fingerprint density at radius 1 is 1.23 bits per heavy atom. The second-order valence-corrected chi connectivity index (χ2v) is 4.62. The molecule has 0 amide bonds. The maximum Gasteiger partial charge on any atom is 0.130 e. The lowest BCUT2D eigenvalue weighted by molar-refractivity contribution is 0.317. The van der Waals surface area contributed by atoms with E-state index in [1.165, 1.54) is 0 Å². The summed E-state index contributed by atoms with van der Waals surface area (Å²) >= 11 is 0. The SMILES string of the molecule is C=CCN(CC=C)Cc1cc(C=C(C#N)C#N)ccc1OC. The summed E-state index contributed by atoms with van der Waals surface area (Å²) in [4.78, 5) is 2.15. The van der Waals surface area contributed by atoms with Gasteiger partial charge in [-0.15, -0.1) is 13.2 Å². The van der Waals surface area contributed by atoms with Crippen LogP contribution in [0.2, 0.25) is 0 Å². The zero-order valence-corrected chi connectivity index (χ0v) is 12.7. The van der Waals surface area contributed by atoms with Crippen LogP contribution in [-0.2, 0) is 6.54 Å². The number of ether oxygens (including phenoxy) is 1. The van der Waals surface area contributed by atoms with Gasteiger partial charge >= 0.3 is 0 Å². The first-order chi connectivity index (χ1) is 10.7. The molecule has 0 unspecified atom stereocenters. The standard InChI is InChI=1S/C18H19N3O/c1-4-8-21(9-5-2)14-17-11-15(6-7-18(17)22-3)10-16(12-19)13-20/h4-7,10-11H,1-2,8-9,14H2,3H3. The number of nitriles is 2. The first-order valence-corrected chi connectivity index (χ1v) is 6.81. The van der Waals surface area contributed by atoms with Crippen LogP contribution in [-0.4, -0.2) is 25.1 Å². The summed E-state index contributed by atoms with van der Waals surface area (Å²) in [7, 11) is 1.62. The second kappa shape index (κ2) is 9.18. The molecule has 1 aromatic rings. The molecule has 0 aliphatic rings. The minimum Gasteiger partial charge on any atom is -0.496 e. The van der Waals surface area contributed by atoms with Crippen LogP contribution in [0.15, 0.2) is 49.1 Å². The quantitative estimate of drug-likeness (QED) is 0.545. The lowest BCUT2D eigenvalue weighted by Gasteiger charge is -2.20. The molecule has 1 aromatic carbocycles. The van der Waals surface area contributed by atoms with Gasteiger partial charge in [-0.1, -0.05) is 18.2 Å². The number of hydrogen-bond donors (Lipinski definition) is 0. The maximum atomic E-state index is 8.85. The number of rotatable bonds is 8. The molecule has 0 fully saturated rings. The molecule has 0 saturated heterocycles. The van der Waals surface area contributed by atoms with Crippen molar-refractivity contribution in [1.29, 1.82) is 10.5 Å². The Morgan fingerprint density at radius 3 is 2.36 bits per heavy atom. The molecule has 0 saturated carbocycles. The van der Waals surface area contributed by atoms with Crippen molar-refractivity contribution in [3.8, 4) is 17.9 Å². The molecule has 112 valence electrons. The highest BCUT2D eigenvalue weighted by Crippen LogP contribution is 2.23. The highest BCUT2D eigenvalue weighted by Gasteiger charge is 2.09.